The van der Waals surface area contributed by atoms with E-state index in [-0.39, 0.29) is 12.1 Å². The van der Waals surface area contributed by atoms with Crippen LogP contribution in [0.1, 0.15) is 38.5 Å². The summed E-state index contributed by atoms with van der Waals surface area (Å²) in [7, 11) is 1.72. The number of amides is 2. The molecule has 0 heterocycles. The number of carboxylic acids is 1. The second-order valence-corrected chi connectivity index (χ2v) is 4.35. The number of carbonyl (C=O) groups excluding carboxylic acids is 1. The Morgan fingerprint density at radius 3 is 2.41 bits per heavy atom. The highest BCUT2D eigenvalue weighted by Gasteiger charge is 2.21. The third-order valence-corrected chi connectivity index (χ3v) is 3.05. The summed E-state index contributed by atoms with van der Waals surface area (Å²) in [5.41, 5.74) is 2.14. The topological polar surface area (TPSA) is 78.9 Å². The van der Waals surface area contributed by atoms with Crippen molar-refractivity contribution in [3.05, 3.63) is 0 Å². The van der Waals surface area contributed by atoms with Gasteiger partial charge in [0, 0.05) is 13.1 Å². The largest absolute Gasteiger partial charge is 0.479 e. The van der Waals surface area contributed by atoms with Gasteiger partial charge in [0.2, 0.25) is 0 Å². The van der Waals surface area contributed by atoms with E-state index in [1.165, 1.54) is 12.8 Å². The fourth-order valence-corrected chi connectivity index (χ4v) is 2.04. The van der Waals surface area contributed by atoms with Crippen LogP contribution in [0.15, 0.2) is 0 Å². The maximum atomic E-state index is 11.6. The third kappa shape index (κ3) is 5.04. The molecular formula is C11H20N2O4. The number of hydrogen-bond acceptors (Lipinski definition) is 3. The Kier molecular flexibility index (Phi) is 5.76. The van der Waals surface area contributed by atoms with Crippen molar-refractivity contribution >= 4 is 12.0 Å². The van der Waals surface area contributed by atoms with Crippen molar-refractivity contribution < 1.29 is 19.5 Å². The summed E-state index contributed by atoms with van der Waals surface area (Å²) in [6.07, 6.45) is 6.73. The molecule has 1 fully saturated rings. The summed E-state index contributed by atoms with van der Waals surface area (Å²) in [5, 5.41) is 8.36. The molecule has 2 N–H and O–H groups in total. The first-order chi connectivity index (χ1) is 8.11. The highest BCUT2D eigenvalue weighted by molar-refractivity contribution is 5.73. The molecule has 0 spiro atoms. The van der Waals surface area contributed by atoms with Gasteiger partial charge in [-0.15, -0.1) is 0 Å². The van der Waals surface area contributed by atoms with E-state index >= 15 is 0 Å². The standard InChI is InChI=1S/C11H20N2O4/c1-13(9-6-4-2-3-5-7-9)11(16)12-17-8-10(14)15/h9H,2-8H2,1H3,(H,12,16)(H,14,15). The first kappa shape index (κ1) is 13.8. The highest BCUT2D eigenvalue weighted by Crippen LogP contribution is 2.20. The summed E-state index contributed by atoms with van der Waals surface area (Å²) < 4.78 is 0. The summed E-state index contributed by atoms with van der Waals surface area (Å²) in [4.78, 5) is 28.0. The van der Waals surface area contributed by atoms with E-state index in [0.29, 0.717) is 0 Å². The van der Waals surface area contributed by atoms with Gasteiger partial charge in [0.05, 0.1) is 0 Å². The molecule has 0 aliphatic heterocycles. The molecule has 0 saturated heterocycles. The van der Waals surface area contributed by atoms with E-state index in [0.717, 1.165) is 25.7 Å². The van der Waals surface area contributed by atoms with Crippen LogP contribution in [0.5, 0.6) is 0 Å². The fraction of sp³-hybridized carbons (Fsp3) is 0.818. The molecule has 0 aromatic carbocycles. The Hall–Kier alpha value is -1.30. The molecule has 1 saturated carbocycles. The molecule has 1 aliphatic carbocycles. The number of aliphatic carboxylic acids is 1. The Morgan fingerprint density at radius 1 is 1.29 bits per heavy atom. The summed E-state index contributed by atoms with van der Waals surface area (Å²) in [5.74, 6) is -1.11. The van der Waals surface area contributed by atoms with Gasteiger partial charge in [0.1, 0.15) is 0 Å². The minimum Gasteiger partial charge on any atom is -0.479 e. The van der Waals surface area contributed by atoms with Gasteiger partial charge >= 0.3 is 12.0 Å². The zero-order chi connectivity index (χ0) is 12.7. The van der Waals surface area contributed by atoms with Crippen LogP contribution < -0.4 is 5.48 Å². The number of hydrogen-bond donors (Lipinski definition) is 2. The van der Waals surface area contributed by atoms with E-state index in [2.05, 4.69) is 10.3 Å². The second kappa shape index (κ2) is 7.11. The molecule has 0 unspecified atom stereocenters. The molecule has 1 aliphatic rings. The van der Waals surface area contributed by atoms with E-state index in [1.54, 1.807) is 11.9 Å². The quantitative estimate of drug-likeness (QED) is 0.578. The van der Waals surface area contributed by atoms with Crippen LogP contribution in [0.4, 0.5) is 4.79 Å². The molecule has 1 rings (SSSR count). The Balaban J connectivity index is 2.31. The maximum absolute atomic E-state index is 11.6. The Bertz CT molecular complexity index is 262. The van der Waals surface area contributed by atoms with Crippen LogP contribution in [0.25, 0.3) is 0 Å². The predicted molar refractivity (Wildman–Crippen MR) is 61.4 cm³/mol. The monoisotopic (exact) mass is 244 g/mol. The predicted octanol–water partition coefficient (Wildman–Crippen LogP) is 1.37. The SMILES string of the molecule is CN(C(=O)NOCC(=O)O)C1CCCCCC1. The third-order valence-electron chi connectivity index (χ3n) is 3.05. The molecule has 0 aromatic heterocycles. The van der Waals surface area contributed by atoms with Crippen LogP contribution >= 0.6 is 0 Å². The van der Waals surface area contributed by atoms with E-state index < -0.39 is 12.6 Å². The average molecular weight is 244 g/mol. The van der Waals surface area contributed by atoms with Crippen LogP contribution in [-0.2, 0) is 9.63 Å². The molecule has 2 amide bonds. The molecule has 6 heteroatoms. The second-order valence-electron chi connectivity index (χ2n) is 4.35. The first-order valence-corrected chi connectivity index (χ1v) is 5.97. The summed E-state index contributed by atoms with van der Waals surface area (Å²) in [6.45, 7) is -0.524. The van der Waals surface area contributed by atoms with Crippen molar-refractivity contribution in [1.29, 1.82) is 0 Å². The smallest absolute Gasteiger partial charge is 0.341 e. The van der Waals surface area contributed by atoms with Gasteiger partial charge in [-0.2, -0.15) is 0 Å². The maximum Gasteiger partial charge on any atom is 0.341 e. The highest BCUT2D eigenvalue weighted by atomic mass is 16.7. The van der Waals surface area contributed by atoms with Gasteiger partial charge < -0.3 is 10.0 Å². The summed E-state index contributed by atoms with van der Waals surface area (Å²) in [6, 6.07) is -0.149. The van der Waals surface area contributed by atoms with E-state index in [4.69, 9.17) is 5.11 Å². The van der Waals surface area contributed by atoms with Crippen LogP contribution in [0.3, 0.4) is 0 Å². The molecular weight excluding hydrogens is 224 g/mol. The van der Waals surface area contributed by atoms with Crippen molar-refractivity contribution in [2.24, 2.45) is 0 Å². The lowest BCUT2D eigenvalue weighted by Gasteiger charge is -2.26. The Morgan fingerprint density at radius 2 is 1.88 bits per heavy atom. The van der Waals surface area contributed by atoms with Crippen molar-refractivity contribution in [3.8, 4) is 0 Å². The normalized spacial score (nSPS) is 17.2. The molecule has 0 radical (unpaired) electrons. The van der Waals surface area contributed by atoms with Crippen LogP contribution in [0.2, 0.25) is 0 Å². The number of nitrogens with one attached hydrogen (secondary N) is 1. The van der Waals surface area contributed by atoms with Gasteiger partial charge in [0.25, 0.3) is 0 Å². The van der Waals surface area contributed by atoms with Gasteiger partial charge in [0.15, 0.2) is 6.61 Å². The van der Waals surface area contributed by atoms with Gasteiger partial charge in [-0.05, 0) is 12.8 Å². The van der Waals surface area contributed by atoms with Crippen molar-refractivity contribution in [2.45, 2.75) is 44.6 Å². The van der Waals surface area contributed by atoms with E-state index in [9.17, 15) is 9.59 Å². The van der Waals surface area contributed by atoms with Crippen molar-refractivity contribution in [2.75, 3.05) is 13.7 Å². The number of carbonyl (C=O) groups is 2. The van der Waals surface area contributed by atoms with Gasteiger partial charge in [-0.3, -0.25) is 4.84 Å². The van der Waals surface area contributed by atoms with Crippen LogP contribution in [0, 0.1) is 0 Å². The zero-order valence-electron chi connectivity index (χ0n) is 10.1. The lowest BCUT2D eigenvalue weighted by atomic mass is 10.1. The van der Waals surface area contributed by atoms with Gasteiger partial charge in [-0.1, -0.05) is 25.7 Å². The lowest BCUT2D eigenvalue weighted by Crippen LogP contribution is -2.43. The zero-order valence-corrected chi connectivity index (χ0v) is 10.1. The number of rotatable bonds is 4. The van der Waals surface area contributed by atoms with Crippen LogP contribution in [-0.4, -0.2) is 41.7 Å². The molecule has 6 nitrogen and oxygen atoms in total. The molecule has 17 heavy (non-hydrogen) atoms. The minimum atomic E-state index is -1.11. The Labute approximate surface area is 101 Å². The molecule has 0 aromatic rings. The summed E-state index contributed by atoms with van der Waals surface area (Å²) >= 11 is 0. The van der Waals surface area contributed by atoms with E-state index in [1.807, 2.05) is 0 Å². The van der Waals surface area contributed by atoms with Crippen molar-refractivity contribution in [3.63, 3.8) is 0 Å². The number of hydroxylamine groups is 1. The molecule has 0 bridgehead atoms. The molecule has 0 atom stereocenters. The average Bonchev–Trinajstić information content (AvgIpc) is 2.55. The number of carboxylic acid groups (broad SMARTS) is 1. The fourth-order valence-electron chi connectivity index (χ4n) is 2.04. The van der Waals surface area contributed by atoms with Gasteiger partial charge in [-0.25, -0.2) is 15.1 Å². The minimum absolute atomic E-state index is 0.228. The van der Waals surface area contributed by atoms with Crippen molar-refractivity contribution in [1.82, 2.24) is 10.4 Å². The lowest BCUT2D eigenvalue weighted by molar-refractivity contribution is -0.144. The number of nitrogens with zero attached hydrogens (tertiary/aromatic N) is 1. The first-order valence-electron chi connectivity index (χ1n) is 5.97. The molecule has 98 valence electrons. The number of urea groups is 1.